The molecule has 0 aliphatic rings. The molecule has 0 rings (SSSR count). The highest BCUT2D eigenvalue weighted by Crippen LogP contribution is 2.01. The smallest absolute Gasteiger partial charge is 0.342 e. The summed E-state index contributed by atoms with van der Waals surface area (Å²) in [4.78, 5) is 39.1. The van der Waals surface area contributed by atoms with Crippen LogP contribution in [0.25, 0.3) is 0 Å². The van der Waals surface area contributed by atoms with E-state index in [9.17, 15) is 9.59 Å². The van der Waals surface area contributed by atoms with Gasteiger partial charge in [-0.15, -0.1) is 0 Å². The molecule has 106 valence electrons. The maximum absolute atomic E-state index is 11.0. The van der Waals surface area contributed by atoms with Crippen LogP contribution in [0.15, 0.2) is 0 Å². The van der Waals surface area contributed by atoms with E-state index < -0.39 is 11.9 Å². The maximum Gasteiger partial charge on any atom is 0.342 e. The number of carboxylic acid groups (broad SMARTS) is 1. The topological polar surface area (TPSA) is 112 Å². The molecule has 0 saturated heterocycles. The van der Waals surface area contributed by atoms with Crippen LogP contribution in [0.1, 0.15) is 25.7 Å². The fraction of sp³-hybridized carbons (Fsp3) is 0.800. The molecule has 2 N–H and O–H groups in total. The van der Waals surface area contributed by atoms with Crippen LogP contribution in [-0.2, 0) is 29.1 Å². The summed E-state index contributed by atoms with van der Waals surface area (Å²) in [6.07, 6.45) is 0.993. The minimum atomic E-state index is -0.889. The standard InChI is InChI=1S/C10H18O8/c11-5-6-15-16-7-8-17-18-10(14)4-2-1-3-9(12)13/h11H,1-8H2,(H,12,13). The Morgan fingerprint density at radius 2 is 1.50 bits per heavy atom. The Kier molecular flexibility index (Phi) is 11.4. The van der Waals surface area contributed by atoms with E-state index in [2.05, 4.69) is 19.6 Å². The Labute approximate surface area is 104 Å². The number of aliphatic hydroxyl groups is 1. The van der Waals surface area contributed by atoms with Gasteiger partial charge in [-0.2, -0.15) is 4.89 Å². The van der Waals surface area contributed by atoms with Crippen LogP contribution in [0.5, 0.6) is 0 Å². The number of hydrogen-bond acceptors (Lipinski definition) is 7. The number of aliphatic carboxylic acids is 1. The number of carbonyl (C=O) groups excluding carboxylic acids is 1. The van der Waals surface area contributed by atoms with Gasteiger partial charge in [0.1, 0.15) is 19.8 Å². The molecule has 0 saturated carbocycles. The minimum absolute atomic E-state index is 0.00624. The largest absolute Gasteiger partial charge is 0.481 e. The van der Waals surface area contributed by atoms with Crippen molar-refractivity contribution in [3.05, 3.63) is 0 Å². The van der Waals surface area contributed by atoms with Crippen LogP contribution in [-0.4, -0.2) is 48.6 Å². The number of aliphatic hydroxyl groups excluding tert-OH is 1. The minimum Gasteiger partial charge on any atom is -0.481 e. The lowest BCUT2D eigenvalue weighted by Gasteiger charge is -2.04. The van der Waals surface area contributed by atoms with Gasteiger partial charge in [0.2, 0.25) is 0 Å². The summed E-state index contributed by atoms with van der Waals surface area (Å²) in [7, 11) is 0. The molecule has 0 unspecified atom stereocenters. The van der Waals surface area contributed by atoms with Crippen molar-refractivity contribution in [1.29, 1.82) is 0 Å². The molecule has 0 aromatic heterocycles. The summed E-state index contributed by atoms with van der Waals surface area (Å²) in [5.74, 6) is -1.45. The summed E-state index contributed by atoms with van der Waals surface area (Å²) in [5, 5.41) is 16.7. The molecule has 0 spiro atoms. The highest BCUT2D eigenvalue weighted by molar-refractivity contribution is 5.69. The van der Waals surface area contributed by atoms with Crippen molar-refractivity contribution in [2.45, 2.75) is 25.7 Å². The van der Waals surface area contributed by atoms with Gasteiger partial charge in [0.05, 0.1) is 6.61 Å². The van der Waals surface area contributed by atoms with Crippen molar-refractivity contribution in [2.75, 3.05) is 26.4 Å². The summed E-state index contributed by atoms with van der Waals surface area (Å²) in [5.41, 5.74) is 0. The number of carbonyl (C=O) groups is 2. The van der Waals surface area contributed by atoms with E-state index in [0.717, 1.165) is 0 Å². The average molecular weight is 266 g/mol. The van der Waals surface area contributed by atoms with Crippen LogP contribution in [0.4, 0.5) is 0 Å². The predicted molar refractivity (Wildman–Crippen MR) is 57.1 cm³/mol. The zero-order valence-corrected chi connectivity index (χ0v) is 10.0. The molecule has 0 amide bonds. The fourth-order valence-electron chi connectivity index (χ4n) is 0.918. The van der Waals surface area contributed by atoms with Crippen molar-refractivity contribution < 1.29 is 39.4 Å². The van der Waals surface area contributed by atoms with E-state index in [-0.39, 0.29) is 39.3 Å². The SMILES string of the molecule is O=C(O)CCCCC(=O)OOCCOOCCO. The van der Waals surface area contributed by atoms with Gasteiger partial charge in [0.15, 0.2) is 0 Å². The molecule has 0 aromatic carbocycles. The summed E-state index contributed by atoms with van der Waals surface area (Å²) in [6.45, 7) is -0.0197. The normalized spacial score (nSPS) is 10.3. The van der Waals surface area contributed by atoms with Gasteiger partial charge < -0.3 is 10.2 Å². The second-order valence-electron chi connectivity index (χ2n) is 3.25. The van der Waals surface area contributed by atoms with Gasteiger partial charge >= 0.3 is 11.9 Å². The fourth-order valence-corrected chi connectivity index (χ4v) is 0.918. The van der Waals surface area contributed by atoms with Crippen molar-refractivity contribution >= 4 is 11.9 Å². The zero-order valence-electron chi connectivity index (χ0n) is 10.0. The molecule has 0 radical (unpaired) electrons. The van der Waals surface area contributed by atoms with Crippen LogP contribution >= 0.6 is 0 Å². The summed E-state index contributed by atoms with van der Waals surface area (Å²) >= 11 is 0. The van der Waals surface area contributed by atoms with Crippen LogP contribution in [0.2, 0.25) is 0 Å². The Morgan fingerprint density at radius 1 is 0.889 bits per heavy atom. The molecule has 0 bridgehead atoms. The van der Waals surface area contributed by atoms with Gasteiger partial charge in [-0.05, 0) is 12.8 Å². The van der Waals surface area contributed by atoms with Gasteiger partial charge in [-0.25, -0.2) is 14.6 Å². The quantitative estimate of drug-likeness (QED) is 0.289. The molecule has 0 aromatic rings. The third-order valence-corrected chi connectivity index (χ3v) is 1.68. The van der Waals surface area contributed by atoms with Gasteiger partial charge in [-0.3, -0.25) is 9.68 Å². The van der Waals surface area contributed by atoms with Crippen molar-refractivity contribution in [3.63, 3.8) is 0 Å². The van der Waals surface area contributed by atoms with E-state index in [0.29, 0.717) is 12.8 Å². The first-order valence-electron chi connectivity index (χ1n) is 5.56. The second kappa shape index (κ2) is 12.2. The lowest BCUT2D eigenvalue weighted by atomic mass is 10.2. The average Bonchev–Trinajstić information content (AvgIpc) is 2.33. The van der Waals surface area contributed by atoms with Crippen LogP contribution < -0.4 is 0 Å². The first-order valence-corrected chi connectivity index (χ1v) is 5.56. The van der Waals surface area contributed by atoms with Gasteiger partial charge in [-0.1, -0.05) is 0 Å². The third-order valence-electron chi connectivity index (χ3n) is 1.68. The maximum atomic E-state index is 11.0. The van der Waals surface area contributed by atoms with Crippen LogP contribution in [0.3, 0.4) is 0 Å². The van der Waals surface area contributed by atoms with Crippen LogP contribution in [0, 0.1) is 0 Å². The first-order chi connectivity index (χ1) is 8.66. The number of hydrogen-bond donors (Lipinski definition) is 2. The van der Waals surface area contributed by atoms with Crippen molar-refractivity contribution in [2.24, 2.45) is 0 Å². The molecule has 8 heteroatoms. The summed E-state index contributed by atoms with van der Waals surface area (Å²) < 4.78 is 0. The first kappa shape index (κ1) is 16.8. The Balaban J connectivity index is 3.19. The Morgan fingerprint density at radius 3 is 2.17 bits per heavy atom. The molecular formula is C10H18O8. The molecule has 0 aliphatic heterocycles. The van der Waals surface area contributed by atoms with Crippen molar-refractivity contribution in [3.8, 4) is 0 Å². The monoisotopic (exact) mass is 266 g/mol. The predicted octanol–water partition coefficient (Wildman–Crippen LogP) is 0.0467. The van der Waals surface area contributed by atoms with Gasteiger partial charge in [0.25, 0.3) is 0 Å². The zero-order chi connectivity index (χ0) is 13.6. The Bertz CT molecular complexity index is 230. The van der Waals surface area contributed by atoms with Crippen molar-refractivity contribution in [1.82, 2.24) is 0 Å². The molecular weight excluding hydrogens is 248 g/mol. The number of unbranched alkanes of at least 4 members (excludes halogenated alkanes) is 1. The lowest BCUT2D eigenvalue weighted by molar-refractivity contribution is -0.329. The molecule has 0 heterocycles. The molecule has 18 heavy (non-hydrogen) atoms. The summed E-state index contributed by atoms with van der Waals surface area (Å²) in [6, 6.07) is 0. The molecule has 8 nitrogen and oxygen atoms in total. The molecule has 0 aliphatic carbocycles. The van der Waals surface area contributed by atoms with E-state index in [1.54, 1.807) is 0 Å². The highest BCUT2D eigenvalue weighted by Gasteiger charge is 2.05. The lowest BCUT2D eigenvalue weighted by Crippen LogP contribution is -2.11. The van der Waals surface area contributed by atoms with Gasteiger partial charge in [0, 0.05) is 12.8 Å². The van der Waals surface area contributed by atoms with E-state index in [4.69, 9.17) is 10.2 Å². The van der Waals surface area contributed by atoms with E-state index >= 15 is 0 Å². The highest BCUT2D eigenvalue weighted by atomic mass is 17.2. The van der Waals surface area contributed by atoms with E-state index in [1.807, 2.05) is 0 Å². The Hall–Kier alpha value is -1.22. The second-order valence-corrected chi connectivity index (χ2v) is 3.25. The third kappa shape index (κ3) is 12.8. The number of carboxylic acids is 1. The number of rotatable bonds is 12. The molecule has 0 atom stereocenters. The van der Waals surface area contributed by atoms with E-state index in [1.165, 1.54) is 0 Å². The molecule has 0 fully saturated rings.